The molecular weight excluding hydrogens is 281 g/mol. The van der Waals surface area contributed by atoms with Crippen LogP contribution in [0.5, 0.6) is 0 Å². The van der Waals surface area contributed by atoms with Crippen LogP contribution in [0.25, 0.3) is 0 Å². The Morgan fingerprint density at radius 1 is 1.16 bits per heavy atom. The van der Waals surface area contributed by atoms with Crippen LogP contribution in [0.1, 0.15) is 31.0 Å². The molecule has 3 rings (SSSR count). The number of rotatable bonds is 3. The van der Waals surface area contributed by atoms with E-state index in [4.69, 9.17) is 0 Å². The fourth-order valence-electron chi connectivity index (χ4n) is 2.99. The number of nitrogens with zero attached hydrogens (tertiary/aromatic N) is 2. The molecule has 2 heterocycles. The summed E-state index contributed by atoms with van der Waals surface area (Å²) in [5.41, 5.74) is 1.28. The quantitative estimate of drug-likeness (QED) is 0.930. The van der Waals surface area contributed by atoms with Crippen molar-refractivity contribution in [3.8, 4) is 0 Å². The van der Waals surface area contributed by atoms with Crippen molar-refractivity contribution in [2.24, 2.45) is 5.92 Å². The van der Waals surface area contributed by atoms with Crippen molar-refractivity contribution in [1.29, 1.82) is 0 Å². The Bertz CT molecular complexity index is 351. The first-order valence-corrected chi connectivity index (χ1v) is 6.81. The van der Waals surface area contributed by atoms with Crippen LogP contribution in [0.2, 0.25) is 0 Å². The SMILES string of the molecule is Cl.Cl.c1ccc([C@H](C2CCC2)N2CCNCC2)nc1. The highest BCUT2D eigenvalue weighted by molar-refractivity contribution is 5.85. The lowest BCUT2D eigenvalue weighted by atomic mass is 9.77. The molecule has 1 aliphatic heterocycles. The van der Waals surface area contributed by atoms with E-state index in [1.165, 1.54) is 25.0 Å². The lowest BCUT2D eigenvalue weighted by Gasteiger charge is -2.42. The van der Waals surface area contributed by atoms with Gasteiger partial charge in [-0.3, -0.25) is 9.88 Å². The molecule has 1 N–H and O–H groups in total. The summed E-state index contributed by atoms with van der Waals surface area (Å²) in [7, 11) is 0. The summed E-state index contributed by atoms with van der Waals surface area (Å²) < 4.78 is 0. The topological polar surface area (TPSA) is 28.2 Å². The standard InChI is InChI=1S/C14H21N3.2ClH/c1-2-7-16-13(6-1)14(12-4-3-5-12)17-10-8-15-9-11-17;;/h1-2,6-7,12,14-15H,3-5,8-11H2;2*1H/t14-;;/m0../s1. The zero-order chi connectivity index (χ0) is 11.5. The Morgan fingerprint density at radius 3 is 2.42 bits per heavy atom. The number of pyridine rings is 1. The Hall–Kier alpha value is -0.350. The molecule has 19 heavy (non-hydrogen) atoms. The summed E-state index contributed by atoms with van der Waals surface area (Å²) in [4.78, 5) is 7.22. The first-order chi connectivity index (χ1) is 8.45. The number of nitrogens with one attached hydrogen (secondary N) is 1. The minimum Gasteiger partial charge on any atom is -0.314 e. The molecule has 2 fully saturated rings. The summed E-state index contributed by atoms with van der Waals surface area (Å²) in [5.74, 6) is 0.836. The highest BCUT2D eigenvalue weighted by atomic mass is 35.5. The molecule has 0 bridgehead atoms. The van der Waals surface area contributed by atoms with Gasteiger partial charge in [-0.25, -0.2) is 0 Å². The molecule has 108 valence electrons. The van der Waals surface area contributed by atoms with E-state index in [0.717, 1.165) is 32.1 Å². The second kappa shape index (κ2) is 8.05. The monoisotopic (exact) mass is 303 g/mol. The van der Waals surface area contributed by atoms with Crippen LogP contribution in [0, 0.1) is 5.92 Å². The molecule has 0 aromatic carbocycles. The Labute approximate surface area is 128 Å². The Morgan fingerprint density at radius 2 is 1.89 bits per heavy atom. The zero-order valence-corrected chi connectivity index (χ0v) is 12.8. The van der Waals surface area contributed by atoms with E-state index < -0.39 is 0 Å². The van der Waals surface area contributed by atoms with Crippen LogP contribution in [0.4, 0.5) is 0 Å². The maximum Gasteiger partial charge on any atom is 0.0578 e. The third-order valence-corrected chi connectivity index (χ3v) is 4.13. The van der Waals surface area contributed by atoms with Crippen molar-refractivity contribution in [2.75, 3.05) is 26.2 Å². The first kappa shape index (κ1) is 16.7. The van der Waals surface area contributed by atoms with Gasteiger partial charge in [0, 0.05) is 32.4 Å². The molecule has 1 aromatic heterocycles. The van der Waals surface area contributed by atoms with Gasteiger partial charge in [0.05, 0.1) is 11.7 Å². The predicted molar refractivity (Wildman–Crippen MR) is 83.3 cm³/mol. The summed E-state index contributed by atoms with van der Waals surface area (Å²) in [6, 6.07) is 6.90. The smallest absolute Gasteiger partial charge is 0.0578 e. The van der Waals surface area contributed by atoms with Crippen molar-refractivity contribution in [3.63, 3.8) is 0 Å². The highest BCUT2D eigenvalue weighted by Gasteiger charge is 2.34. The first-order valence-electron chi connectivity index (χ1n) is 6.81. The largest absolute Gasteiger partial charge is 0.314 e. The molecule has 1 saturated carbocycles. The minimum atomic E-state index is 0. The lowest BCUT2D eigenvalue weighted by molar-refractivity contribution is 0.0809. The van der Waals surface area contributed by atoms with Gasteiger partial charge in [-0.15, -0.1) is 24.8 Å². The number of hydrogen-bond acceptors (Lipinski definition) is 3. The molecule has 0 amide bonds. The summed E-state index contributed by atoms with van der Waals surface area (Å²) >= 11 is 0. The van der Waals surface area contributed by atoms with E-state index in [1.54, 1.807) is 0 Å². The molecule has 1 aliphatic carbocycles. The number of hydrogen-bond donors (Lipinski definition) is 1. The predicted octanol–water partition coefficient (Wildman–Crippen LogP) is 2.67. The summed E-state index contributed by atoms with van der Waals surface area (Å²) in [6.45, 7) is 4.57. The minimum absolute atomic E-state index is 0. The van der Waals surface area contributed by atoms with Gasteiger partial charge >= 0.3 is 0 Å². The van der Waals surface area contributed by atoms with E-state index in [9.17, 15) is 0 Å². The van der Waals surface area contributed by atoms with E-state index in [1.807, 2.05) is 12.3 Å². The van der Waals surface area contributed by atoms with Crippen molar-refractivity contribution >= 4 is 24.8 Å². The third-order valence-electron chi connectivity index (χ3n) is 4.13. The highest BCUT2D eigenvalue weighted by Crippen LogP contribution is 2.40. The van der Waals surface area contributed by atoms with Crippen molar-refractivity contribution in [3.05, 3.63) is 30.1 Å². The van der Waals surface area contributed by atoms with Gasteiger partial charge in [0.15, 0.2) is 0 Å². The summed E-state index contributed by atoms with van der Waals surface area (Å²) in [5, 5.41) is 3.43. The maximum atomic E-state index is 4.60. The second-order valence-electron chi connectivity index (χ2n) is 5.18. The fourth-order valence-corrected chi connectivity index (χ4v) is 2.99. The van der Waals surface area contributed by atoms with E-state index >= 15 is 0 Å². The molecule has 3 nitrogen and oxygen atoms in total. The normalized spacial score (nSPS) is 21.7. The van der Waals surface area contributed by atoms with Gasteiger partial charge in [-0.2, -0.15) is 0 Å². The zero-order valence-electron chi connectivity index (χ0n) is 11.1. The van der Waals surface area contributed by atoms with Gasteiger partial charge in [-0.05, 0) is 30.9 Å². The van der Waals surface area contributed by atoms with Crippen molar-refractivity contribution in [2.45, 2.75) is 25.3 Å². The number of piperazine rings is 1. The van der Waals surface area contributed by atoms with E-state index in [0.29, 0.717) is 6.04 Å². The van der Waals surface area contributed by atoms with Gasteiger partial charge in [0.2, 0.25) is 0 Å². The second-order valence-corrected chi connectivity index (χ2v) is 5.18. The van der Waals surface area contributed by atoms with Crippen LogP contribution in [-0.4, -0.2) is 36.1 Å². The van der Waals surface area contributed by atoms with E-state index in [2.05, 4.69) is 27.3 Å². The molecule has 1 aromatic rings. The number of halogens is 2. The van der Waals surface area contributed by atoms with Crippen molar-refractivity contribution in [1.82, 2.24) is 15.2 Å². The Kier molecular flexibility index (Phi) is 7.08. The van der Waals surface area contributed by atoms with Gasteiger partial charge in [0.25, 0.3) is 0 Å². The molecule has 0 radical (unpaired) electrons. The molecule has 1 saturated heterocycles. The lowest BCUT2D eigenvalue weighted by Crippen LogP contribution is -2.48. The molecule has 0 unspecified atom stereocenters. The third kappa shape index (κ3) is 3.82. The van der Waals surface area contributed by atoms with Crippen molar-refractivity contribution < 1.29 is 0 Å². The molecule has 2 aliphatic rings. The molecular formula is C14H23Cl2N3. The molecule has 0 spiro atoms. The molecule has 1 atom stereocenters. The van der Waals surface area contributed by atoms with Gasteiger partial charge < -0.3 is 5.32 Å². The van der Waals surface area contributed by atoms with Crippen LogP contribution < -0.4 is 5.32 Å². The van der Waals surface area contributed by atoms with Crippen LogP contribution in [-0.2, 0) is 0 Å². The fraction of sp³-hybridized carbons (Fsp3) is 0.643. The average Bonchev–Trinajstić information content (AvgIpc) is 2.36. The van der Waals surface area contributed by atoms with Crippen LogP contribution in [0.3, 0.4) is 0 Å². The number of aromatic nitrogens is 1. The Balaban J connectivity index is 0.000000902. The van der Waals surface area contributed by atoms with Crippen LogP contribution in [0.15, 0.2) is 24.4 Å². The molecule has 5 heteroatoms. The van der Waals surface area contributed by atoms with Gasteiger partial charge in [-0.1, -0.05) is 12.5 Å². The average molecular weight is 304 g/mol. The van der Waals surface area contributed by atoms with E-state index in [-0.39, 0.29) is 24.8 Å². The van der Waals surface area contributed by atoms with Gasteiger partial charge in [0.1, 0.15) is 0 Å². The maximum absolute atomic E-state index is 4.60. The van der Waals surface area contributed by atoms with Crippen LogP contribution >= 0.6 is 24.8 Å². The summed E-state index contributed by atoms with van der Waals surface area (Å²) in [6.07, 6.45) is 6.10.